The number of nitrogens with zero attached hydrogens (tertiary/aromatic N) is 2. The van der Waals surface area contributed by atoms with Crippen molar-refractivity contribution >= 4 is 45.6 Å². The quantitative estimate of drug-likeness (QED) is 0.449. The van der Waals surface area contributed by atoms with Crippen LogP contribution in [0.3, 0.4) is 0 Å². The van der Waals surface area contributed by atoms with Gasteiger partial charge >= 0.3 is 0 Å². The van der Waals surface area contributed by atoms with Crippen molar-refractivity contribution in [1.82, 2.24) is 9.88 Å². The second kappa shape index (κ2) is 11.0. The Labute approximate surface area is 208 Å². The summed E-state index contributed by atoms with van der Waals surface area (Å²) in [6.45, 7) is 5.40. The number of halogens is 1. The zero-order chi connectivity index (χ0) is 24.1. The molecule has 0 spiro atoms. The van der Waals surface area contributed by atoms with Crippen molar-refractivity contribution in [1.29, 1.82) is 0 Å². The van der Waals surface area contributed by atoms with Crippen LogP contribution >= 0.6 is 22.9 Å². The molecule has 4 rings (SSSR count). The third-order valence-electron chi connectivity index (χ3n) is 5.69. The number of rotatable bonds is 7. The number of amides is 2. The van der Waals surface area contributed by atoms with E-state index >= 15 is 0 Å². The van der Waals surface area contributed by atoms with Gasteiger partial charge < -0.3 is 15.4 Å². The number of aryl methyl sites for hydroxylation is 2. The molecule has 0 bridgehead atoms. The van der Waals surface area contributed by atoms with E-state index in [0.29, 0.717) is 33.9 Å². The Bertz CT molecular complexity index is 1150. The first-order valence-corrected chi connectivity index (χ1v) is 12.4. The van der Waals surface area contributed by atoms with Crippen molar-refractivity contribution in [2.45, 2.75) is 26.7 Å². The molecule has 1 atom stereocenters. The number of aromatic nitrogens is 1. The molecule has 2 aromatic carbocycles. The molecular weight excluding hydrogens is 472 g/mol. The number of likely N-dealkylation sites (tertiary alicyclic amines) is 1. The minimum absolute atomic E-state index is 0.114. The van der Waals surface area contributed by atoms with Crippen LogP contribution in [0.25, 0.3) is 0 Å². The predicted molar refractivity (Wildman–Crippen MR) is 136 cm³/mol. The Morgan fingerprint density at radius 3 is 2.71 bits per heavy atom. The van der Waals surface area contributed by atoms with Crippen LogP contribution in [0.4, 0.5) is 10.8 Å². The Hall–Kier alpha value is -2.94. The van der Waals surface area contributed by atoms with Gasteiger partial charge in [0.15, 0.2) is 10.9 Å². The SMILES string of the molecule is Cc1nc(NC(=O)CN2CCCC(C(=O)Nc3cc(Cl)ccc3Oc3ccccc3)C2)sc1C. The fraction of sp³-hybridized carbons (Fsp3) is 0.320. The van der Waals surface area contributed by atoms with Crippen LogP contribution in [0.15, 0.2) is 48.5 Å². The van der Waals surface area contributed by atoms with Crippen molar-refractivity contribution < 1.29 is 14.3 Å². The van der Waals surface area contributed by atoms with Gasteiger partial charge in [-0.3, -0.25) is 14.5 Å². The van der Waals surface area contributed by atoms with Crippen LogP contribution in [0.2, 0.25) is 5.02 Å². The van der Waals surface area contributed by atoms with Gasteiger partial charge in [0.2, 0.25) is 11.8 Å². The van der Waals surface area contributed by atoms with Crippen LogP contribution in [-0.4, -0.2) is 41.3 Å². The first-order chi connectivity index (χ1) is 16.4. The van der Waals surface area contributed by atoms with Gasteiger partial charge in [-0.25, -0.2) is 4.98 Å². The molecule has 1 aliphatic rings. The van der Waals surface area contributed by atoms with E-state index in [9.17, 15) is 9.59 Å². The average molecular weight is 499 g/mol. The van der Waals surface area contributed by atoms with Crippen LogP contribution < -0.4 is 15.4 Å². The maximum Gasteiger partial charge on any atom is 0.240 e. The van der Waals surface area contributed by atoms with Gasteiger partial charge in [-0.05, 0) is 63.6 Å². The molecule has 34 heavy (non-hydrogen) atoms. The molecule has 1 unspecified atom stereocenters. The van der Waals surface area contributed by atoms with E-state index in [-0.39, 0.29) is 24.3 Å². The molecule has 2 heterocycles. The van der Waals surface area contributed by atoms with E-state index in [2.05, 4.69) is 15.6 Å². The zero-order valence-electron chi connectivity index (χ0n) is 19.1. The molecule has 7 nitrogen and oxygen atoms in total. The fourth-order valence-corrected chi connectivity index (χ4v) is 4.84. The second-order valence-electron chi connectivity index (χ2n) is 8.33. The largest absolute Gasteiger partial charge is 0.455 e. The summed E-state index contributed by atoms with van der Waals surface area (Å²) in [4.78, 5) is 33.1. The highest BCUT2D eigenvalue weighted by atomic mass is 35.5. The number of benzene rings is 2. The van der Waals surface area contributed by atoms with E-state index < -0.39 is 0 Å². The number of nitrogens with one attached hydrogen (secondary N) is 2. The average Bonchev–Trinajstić information content (AvgIpc) is 3.12. The van der Waals surface area contributed by atoms with Gasteiger partial charge in [-0.1, -0.05) is 29.8 Å². The smallest absolute Gasteiger partial charge is 0.240 e. The Balaban J connectivity index is 1.37. The summed E-state index contributed by atoms with van der Waals surface area (Å²) in [5, 5.41) is 6.96. The van der Waals surface area contributed by atoms with Crippen LogP contribution in [0.5, 0.6) is 11.5 Å². The summed E-state index contributed by atoms with van der Waals surface area (Å²) in [7, 11) is 0. The lowest BCUT2D eigenvalue weighted by atomic mass is 9.97. The lowest BCUT2D eigenvalue weighted by Gasteiger charge is -2.31. The summed E-state index contributed by atoms with van der Waals surface area (Å²) < 4.78 is 5.95. The molecule has 2 amide bonds. The van der Waals surface area contributed by atoms with Gasteiger partial charge in [-0.2, -0.15) is 0 Å². The standard InChI is InChI=1S/C25H27ClN4O3S/c1-16-17(2)34-25(27-16)29-23(31)15-30-12-6-7-18(14-30)24(32)28-21-13-19(26)10-11-22(21)33-20-8-4-3-5-9-20/h3-5,8-11,13,18H,6-7,12,14-15H2,1-2H3,(H,28,32)(H,27,29,31). The number of anilines is 2. The molecule has 3 aromatic rings. The van der Waals surface area contributed by atoms with Gasteiger partial charge in [0.05, 0.1) is 23.8 Å². The Morgan fingerprint density at radius 1 is 1.18 bits per heavy atom. The topological polar surface area (TPSA) is 83.6 Å². The van der Waals surface area contributed by atoms with Gasteiger partial charge in [0, 0.05) is 16.4 Å². The number of hydrogen-bond acceptors (Lipinski definition) is 6. The molecule has 2 N–H and O–H groups in total. The first kappa shape index (κ1) is 24.2. The van der Waals surface area contributed by atoms with E-state index in [1.54, 1.807) is 18.2 Å². The summed E-state index contributed by atoms with van der Waals surface area (Å²) in [5.74, 6) is 0.708. The minimum atomic E-state index is -0.241. The highest BCUT2D eigenvalue weighted by Gasteiger charge is 2.27. The fourth-order valence-electron chi connectivity index (χ4n) is 3.84. The first-order valence-electron chi connectivity index (χ1n) is 11.2. The zero-order valence-corrected chi connectivity index (χ0v) is 20.7. The molecule has 1 aliphatic heterocycles. The molecule has 0 saturated carbocycles. The van der Waals surface area contributed by atoms with Crippen LogP contribution in [-0.2, 0) is 9.59 Å². The number of thiazole rings is 1. The van der Waals surface area contributed by atoms with Crippen molar-refractivity contribution in [3.63, 3.8) is 0 Å². The summed E-state index contributed by atoms with van der Waals surface area (Å²) in [6, 6.07) is 14.5. The lowest BCUT2D eigenvalue weighted by Crippen LogP contribution is -2.44. The molecule has 9 heteroatoms. The Kier molecular flexibility index (Phi) is 7.82. The highest BCUT2D eigenvalue weighted by Crippen LogP contribution is 2.33. The number of para-hydroxylation sites is 1. The maximum atomic E-state index is 13.1. The number of carbonyl (C=O) groups excluding carboxylic acids is 2. The van der Waals surface area contributed by atoms with Gasteiger partial charge in [-0.15, -0.1) is 11.3 Å². The molecular formula is C25H27ClN4O3S. The number of piperidine rings is 1. The van der Waals surface area contributed by atoms with E-state index in [0.717, 1.165) is 30.0 Å². The Morgan fingerprint density at radius 2 is 1.97 bits per heavy atom. The summed E-state index contributed by atoms with van der Waals surface area (Å²) >= 11 is 7.65. The molecule has 0 aliphatic carbocycles. The maximum absolute atomic E-state index is 13.1. The monoisotopic (exact) mass is 498 g/mol. The number of ether oxygens (including phenoxy) is 1. The van der Waals surface area contributed by atoms with Crippen LogP contribution in [0.1, 0.15) is 23.4 Å². The minimum Gasteiger partial charge on any atom is -0.455 e. The molecule has 178 valence electrons. The van der Waals surface area contributed by atoms with E-state index in [1.165, 1.54) is 11.3 Å². The highest BCUT2D eigenvalue weighted by molar-refractivity contribution is 7.15. The molecule has 1 fully saturated rings. The predicted octanol–water partition coefficient (Wildman–Crippen LogP) is 5.49. The third kappa shape index (κ3) is 6.34. The van der Waals surface area contributed by atoms with Crippen molar-refractivity contribution in [2.75, 3.05) is 30.3 Å². The number of carbonyl (C=O) groups is 2. The number of hydrogen-bond donors (Lipinski definition) is 2. The van der Waals surface area contributed by atoms with E-state index in [4.69, 9.17) is 16.3 Å². The summed E-state index contributed by atoms with van der Waals surface area (Å²) in [5.41, 5.74) is 1.44. The van der Waals surface area contributed by atoms with Crippen molar-refractivity contribution in [2.24, 2.45) is 5.92 Å². The van der Waals surface area contributed by atoms with Gasteiger partial charge in [0.25, 0.3) is 0 Å². The molecule has 1 saturated heterocycles. The lowest BCUT2D eigenvalue weighted by molar-refractivity contribution is -0.123. The molecule has 1 aromatic heterocycles. The van der Waals surface area contributed by atoms with E-state index in [1.807, 2.05) is 49.1 Å². The summed E-state index contributed by atoms with van der Waals surface area (Å²) in [6.07, 6.45) is 1.59. The second-order valence-corrected chi connectivity index (χ2v) is 9.97. The van der Waals surface area contributed by atoms with Crippen molar-refractivity contribution in [3.05, 3.63) is 64.1 Å². The van der Waals surface area contributed by atoms with Gasteiger partial charge in [0.1, 0.15) is 5.75 Å². The normalized spacial score (nSPS) is 16.1. The van der Waals surface area contributed by atoms with Crippen LogP contribution in [0, 0.1) is 19.8 Å². The third-order valence-corrected chi connectivity index (χ3v) is 6.91. The van der Waals surface area contributed by atoms with Crippen molar-refractivity contribution in [3.8, 4) is 11.5 Å². The molecule has 0 radical (unpaired) electrons.